The zero-order valence-electron chi connectivity index (χ0n) is 11.0. The van der Waals surface area contributed by atoms with E-state index in [4.69, 9.17) is 0 Å². The topological polar surface area (TPSA) is 66.6 Å². The predicted molar refractivity (Wildman–Crippen MR) is 73.1 cm³/mol. The smallest absolute Gasteiger partial charge is 0.272 e. The van der Waals surface area contributed by atoms with Gasteiger partial charge in [-0.05, 0) is 25.9 Å². The SMILES string of the molecule is O=[N+]([O-])c1ccccc1CC(O)CN1CCCCC1. The zero-order valence-corrected chi connectivity index (χ0v) is 11.0. The second-order valence-corrected chi connectivity index (χ2v) is 5.11. The van der Waals surface area contributed by atoms with Crippen LogP contribution in [0.4, 0.5) is 5.69 Å². The summed E-state index contributed by atoms with van der Waals surface area (Å²) in [6.45, 7) is 2.65. The normalized spacial score (nSPS) is 18.2. The fourth-order valence-electron chi connectivity index (χ4n) is 2.62. The Morgan fingerprint density at radius 3 is 2.63 bits per heavy atom. The molecule has 0 amide bonds. The van der Waals surface area contributed by atoms with Crippen LogP contribution in [0, 0.1) is 10.1 Å². The molecule has 5 heteroatoms. The average molecular weight is 264 g/mol. The monoisotopic (exact) mass is 264 g/mol. The van der Waals surface area contributed by atoms with Crippen LogP contribution < -0.4 is 0 Å². The second-order valence-electron chi connectivity index (χ2n) is 5.11. The molecule has 1 saturated heterocycles. The van der Waals surface area contributed by atoms with E-state index in [-0.39, 0.29) is 10.6 Å². The molecule has 1 aromatic carbocycles. The summed E-state index contributed by atoms with van der Waals surface area (Å²) < 4.78 is 0. The Hall–Kier alpha value is -1.46. The van der Waals surface area contributed by atoms with Crippen LogP contribution in [-0.2, 0) is 6.42 Å². The van der Waals surface area contributed by atoms with Crippen molar-refractivity contribution in [3.8, 4) is 0 Å². The fourth-order valence-corrected chi connectivity index (χ4v) is 2.62. The number of hydrogen-bond donors (Lipinski definition) is 1. The van der Waals surface area contributed by atoms with E-state index in [1.807, 2.05) is 0 Å². The molecule has 5 nitrogen and oxygen atoms in total. The number of para-hydroxylation sites is 1. The van der Waals surface area contributed by atoms with E-state index in [0.29, 0.717) is 18.5 Å². The molecule has 0 radical (unpaired) electrons. The van der Waals surface area contributed by atoms with Crippen LogP contribution >= 0.6 is 0 Å². The second kappa shape index (κ2) is 6.63. The molecular formula is C14H20N2O3. The summed E-state index contributed by atoms with van der Waals surface area (Å²) in [6.07, 6.45) is 3.42. The van der Waals surface area contributed by atoms with E-state index >= 15 is 0 Å². The quantitative estimate of drug-likeness (QED) is 0.652. The lowest BCUT2D eigenvalue weighted by molar-refractivity contribution is -0.385. The summed E-state index contributed by atoms with van der Waals surface area (Å²) in [5.41, 5.74) is 0.706. The van der Waals surface area contributed by atoms with Gasteiger partial charge in [-0.2, -0.15) is 0 Å². The number of aliphatic hydroxyl groups is 1. The van der Waals surface area contributed by atoms with Crippen LogP contribution in [-0.4, -0.2) is 40.7 Å². The molecule has 0 aliphatic carbocycles. The molecule has 1 N–H and O–H groups in total. The first-order chi connectivity index (χ1) is 9.16. The van der Waals surface area contributed by atoms with Gasteiger partial charge in [-0.3, -0.25) is 10.1 Å². The third-order valence-corrected chi connectivity index (χ3v) is 3.56. The molecule has 19 heavy (non-hydrogen) atoms. The molecule has 1 fully saturated rings. The highest BCUT2D eigenvalue weighted by molar-refractivity contribution is 5.40. The van der Waals surface area contributed by atoms with Crippen LogP contribution in [0.5, 0.6) is 0 Å². The molecule has 104 valence electrons. The van der Waals surface area contributed by atoms with Gasteiger partial charge in [0.1, 0.15) is 0 Å². The minimum atomic E-state index is -0.542. The van der Waals surface area contributed by atoms with Crippen molar-refractivity contribution >= 4 is 5.69 Å². The van der Waals surface area contributed by atoms with E-state index in [1.54, 1.807) is 18.2 Å². The Morgan fingerprint density at radius 1 is 1.26 bits per heavy atom. The Balaban J connectivity index is 1.94. The first kappa shape index (κ1) is 14.0. The van der Waals surface area contributed by atoms with Gasteiger partial charge in [-0.1, -0.05) is 24.6 Å². The molecule has 0 aromatic heterocycles. The van der Waals surface area contributed by atoms with Crippen LogP contribution in [0.2, 0.25) is 0 Å². The van der Waals surface area contributed by atoms with E-state index in [1.165, 1.54) is 25.3 Å². The lowest BCUT2D eigenvalue weighted by Crippen LogP contribution is -2.37. The summed E-state index contributed by atoms with van der Waals surface area (Å²) in [6, 6.07) is 6.63. The van der Waals surface area contributed by atoms with Crippen LogP contribution in [0.25, 0.3) is 0 Å². The maximum atomic E-state index is 10.9. The van der Waals surface area contributed by atoms with Crippen LogP contribution in [0.15, 0.2) is 24.3 Å². The van der Waals surface area contributed by atoms with Crippen molar-refractivity contribution in [2.45, 2.75) is 31.8 Å². The number of β-amino-alcohol motifs (C(OH)–C–C–N with tert-alkyl or cyclic N) is 1. The van der Waals surface area contributed by atoms with Crippen molar-refractivity contribution in [2.24, 2.45) is 0 Å². The molecule has 1 unspecified atom stereocenters. The number of nitrogens with zero attached hydrogens (tertiary/aromatic N) is 2. The van der Waals surface area contributed by atoms with E-state index in [9.17, 15) is 15.2 Å². The average Bonchev–Trinajstić information content (AvgIpc) is 2.40. The zero-order chi connectivity index (χ0) is 13.7. The van der Waals surface area contributed by atoms with Gasteiger partial charge >= 0.3 is 0 Å². The summed E-state index contributed by atoms with van der Waals surface area (Å²) in [5, 5.41) is 21.0. The fraction of sp³-hybridized carbons (Fsp3) is 0.571. The molecule has 0 bridgehead atoms. The van der Waals surface area contributed by atoms with E-state index in [0.717, 1.165) is 13.1 Å². The molecule has 1 aliphatic rings. The largest absolute Gasteiger partial charge is 0.391 e. The number of piperidine rings is 1. The Labute approximate surface area is 113 Å². The van der Waals surface area contributed by atoms with Gasteiger partial charge in [-0.15, -0.1) is 0 Å². The van der Waals surface area contributed by atoms with Crippen molar-refractivity contribution < 1.29 is 10.0 Å². The highest BCUT2D eigenvalue weighted by Crippen LogP contribution is 2.20. The van der Waals surface area contributed by atoms with Gasteiger partial charge in [0.05, 0.1) is 11.0 Å². The van der Waals surface area contributed by atoms with Gasteiger partial charge in [0.25, 0.3) is 5.69 Å². The number of nitro groups is 1. The van der Waals surface area contributed by atoms with Gasteiger partial charge in [0.15, 0.2) is 0 Å². The molecule has 0 spiro atoms. The van der Waals surface area contributed by atoms with Crippen molar-refractivity contribution in [1.29, 1.82) is 0 Å². The third-order valence-electron chi connectivity index (χ3n) is 3.56. The maximum absolute atomic E-state index is 10.9. The molecule has 1 atom stereocenters. The molecular weight excluding hydrogens is 244 g/mol. The van der Waals surface area contributed by atoms with Crippen molar-refractivity contribution in [3.63, 3.8) is 0 Å². The molecule has 0 saturated carbocycles. The number of rotatable bonds is 5. The lowest BCUT2D eigenvalue weighted by Gasteiger charge is -2.28. The van der Waals surface area contributed by atoms with Crippen LogP contribution in [0.1, 0.15) is 24.8 Å². The van der Waals surface area contributed by atoms with Gasteiger partial charge in [-0.25, -0.2) is 0 Å². The number of hydrogen-bond acceptors (Lipinski definition) is 4. The van der Waals surface area contributed by atoms with Crippen molar-refractivity contribution in [3.05, 3.63) is 39.9 Å². The Kier molecular flexibility index (Phi) is 4.87. The molecule has 1 aliphatic heterocycles. The summed E-state index contributed by atoms with van der Waals surface area (Å²) >= 11 is 0. The standard InChI is InChI=1S/C14H20N2O3/c17-13(11-15-8-4-1-5-9-15)10-12-6-2-3-7-14(12)16(18)19/h2-3,6-7,13,17H,1,4-5,8-11H2. The van der Waals surface area contributed by atoms with E-state index in [2.05, 4.69) is 4.90 Å². The Bertz CT molecular complexity index is 430. The lowest BCUT2D eigenvalue weighted by atomic mass is 10.0. The number of nitro benzene ring substituents is 1. The minimum absolute atomic E-state index is 0.0974. The number of aliphatic hydroxyl groups excluding tert-OH is 1. The van der Waals surface area contributed by atoms with Gasteiger partial charge < -0.3 is 10.0 Å². The highest BCUT2D eigenvalue weighted by Gasteiger charge is 2.19. The van der Waals surface area contributed by atoms with Gasteiger partial charge in [0.2, 0.25) is 0 Å². The van der Waals surface area contributed by atoms with E-state index < -0.39 is 6.10 Å². The molecule has 2 rings (SSSR count). The highest BCUT2D eigenvalue weighted by atomic mass is 16.6. The van der Waals surface area contributed by atoms with Crippen molar-refractivity contribution in [2.75, 3.05) is 19.6 Å². The molecule has 1 heterocycles. The van der Waals surface area contributed by atoms with Crippen molar-refractivity contribution in [1.82, 2.24) is 4.90 Å². The number of likely N-dealkylation sites (tertiary alicyclic amines) is 1. The third kappa shape index (κ3) is 4.01. The Morgan fingerprint density at radius 2 is 1.95 bits per heavy atom. The van der Waals surface area contributed by atoms with Crippen LogP contribution in [0.3, 0.4) is 0 Å². The molecule has 1 aromatic rings. The number of benzene rings is 1. The summed E-state index contributed by atoms with van der Waals surface area (Å²) in [4.78, 5) is 12.8. The van der Waals surface area contributed by atoms with Gasteiger partial charge in [0, 0.05) is 24.6 Å². The summed E-state index contributed by atoms with van der Waals surface area (Å²) in [7, 11) is 0. The first-order valence-corrected chi connectivity index (χ1v) is 6.79. The minimum Gasteiger partial charge on any atom is -0.391 e. The maximum Gasteiger partial charge on any atom is 0.272 e. The first-order valence-electron chi connectivity index (χ1n) is 6.79. The predicted octanol–water partition coefficient (Wildman–Crippen LogP) is 1.98. The summed E-state index contributed by atoms with van der Waals surface area (Å²) in [5.74, 6) is 0.